The third-order valence-electron chi connectivity index (χ3n) is 3.26. The molecule has 0 bridgehead atoms. The standard InChI is InChI=1S/C17H10OS4/c18-17(15-7-11(9-21-15)13-3-1-5-19-13)16-8-12(10-22-16)14-4-2-6-20-14/h1-10H. The summed E-state index contributed by atoms with van der Waals surface area (Å²) in [5.74, 6) is 0.126. The van der Waals surface area contributed by atoms with E-state index in [4.69, 9.17) is 0 Å². The quantitative estimate of drug-likeness (QED) is 0.381. The highest BCUT2D eigenvalue weighted by molar-refractivity contribution is 7.17. The number of hydrogen-bond acceptors (Lipinski definition) is 5. The maximum absolute atomic E-state index is 12.6. The highest BCUT2D eigenvalue weighted by Gasteiger charge is 2.15. The lowest BCUT2D eigenvalue weighted by Gasteiger charge is -1.92. The zero-order valence-electron chi connectivity index (χ0n) is 11.3. The summed E-state index contributed by atoms with van der Waals surface area (Å²) in [5.41, 5.74) is 2.27. The summed E-state index contributed by atoms with van der Waals surface area (Å²) in [6.07, 6.45) is 0. The van der Waals surface area contributed by atoms with Crippen molar-refractivity contribution in [2.75, 3.05) is 0 Å². The minimum absolute atomic E-state index is 0.126. The molecule has 1 nitrogen and oxygen atoms in total. The molecule has 0 N–H and O–H groups in total. The lowest BCUT2D eigenvalue weighted by atomic mass is 10.2. The number of rotatable bonds is 4. The van der Waals surface area contributed by atoms with Crippen molar-refractivity contribution < 1.29 is 4.79 Å². The molecule has 0 unspecified atom stereocenters. The van der Waals surface area contributed by atoms with Gasteiger partial charge in [0.25, 0.3) is 0 Å². The van der Waals surface area contributed by atoms with Gasteiger partial charge in [0, 0.05) is 31.6 Å². The zero-order valence-corrected chi connectivity index (χ0v) is 14.6. The first kappa shape index (κ1) is 14.1. The van der Waals surface area contributed by atoms with Gasteiger partial charge in [0.05, 0.1) is 9.75 Å². The molecular weight excluding hydrogens is 348 g/mol. The minimum atomic E-state index is 0.126. The van der Waals surface area contributed by atoms with Crippen LogP contribution in [0.4, 0.5) is 0 Å². The molecule has 4 heterocycles. The van der Waals surface area contributed by atoms with Gasteiger partial charge in [-0.2, -0.15) is 0 Å². The van der Waals surface area contributed by atoms with Crippen LogP contribution in [0, 0.1) is 0 Å². The molecule has 0 aromatic carbocycles. The molecule has 0 radical (unpaired) electrons. The van der Waals surface area contributed by atoms with Gasteiger partial charge in [0.2, 0.25) is 5.78 Å². The summed E-state index contributed by atoms with van der Waals surface area (Å²) < 4.78 is 0. The molecule has 0 spiro atoms. The van der Waals surface area contributed by atoms with Crippen LogP contribution in [-0.2, 0) is 0 Å². The summed E-state index contributed by atoms with van der Waals surface area (Å²) in [4.78, 5) is 16.7. The highest BCUT2D eigenvalue weighted by Crippen LogP contribution is 2.33. The van der Waals surface area contributed by atoms with Crippen molar-refractivity contribution in [3.05, 3.63) is 67.7 Å². The molecule has 0 aliphatic rings. The molecule has 0 atom stereocenters. The van der Waals surface area contributed by atoms with Gasteiger partial charge < -0.3 is 0 Å². The van der Waals surface area contributed by atoms with Crippen LogP contribution in [0.3, 0.4) is 0 Å². The van der Waals surface area contributed by atoms with Crippen molar-refractivity contribution in [2.24, 2.45) is 0 Å². The Balaban J connectivity index is 1.62. The van der Waals surface area contributed by atoms with Crippen molar-refractivity contribution in [3.8, 4) is 20.9 Å². The largest absolute Gasteiger partial charge is 0.287 e. The van der Waals surface area contributed by atoms with Crippen LogP contribution >= 0.6 is 45.3 Å². The van der Waals surface area contributed by atoms with Crippen LogP contribution in [0.15, 0.2) is 57.9 Å². The number of hydrogen-bond donors (Lipinski definition) is 0. The Hall–Kier alpha value is -1.53. The predicted molar refractivity (Wildman–Crippen MR) is 98.7 cm³/mol. The van der Waals surface area contributed by atoms with Gasteiger partial charge in [-0.15, -0.1) is 45.3 Å². The third-order valence-corrected chi connectivity index (χ3v) is 6.95. The summed E-state index contributed by atoms with van der Waals surface area (Å²) in [5, 5.41) is 8.24. The van der Waals surface area contributed by atoms with Crippen LogP contribution < -0.4 is 0 Å². The normalized spacial score (nSPS) is 10.9. The molecule has 0 saturated carbocycles. The van der Waals surface area contributed by atoms with Crippen molar-refractivity contribution in [1.82, 2.24) is 0 Å². The van der Waals surface area contributed by atoms with E-state index in [0.29, 0.717) is 0 Å². The Labute approximate surface area is 144 Å². The lowest BCUT2D eigenvalue weighted by Crippen LogP contribution is -1.94. The van der Waals surface area contributed by atoms with Gasteiger partial charge in [-0.05, 0) is 35.0 Å². The maximum Gasteiger partial charge on any atom is 0.212 e. The fourth-order valence-electron chi connectivity index (χ4n) is 2.18. The highest BCUT2D eigenvalue weighted by atomic mass is 32.1. The number of carbonyl (C=O) groups is 1. The van der Waals surface area contributed by atoms with Crippen molar-refractivity contribution in [2.45, 2.75) is 0 Å². The van der Waals surface area contributed by atoms with E-state index in [1.165, 1.54) is 32.4 Å². The van der Waals surface area contributed by atoms with Crippen LogP contribution in [0.1, 0.15) is 14.5 Å². The molecule has 0 aliphatic heterocycles. The number of thiophene rings is 4. The second kappa shape index (κ2) is 5.93. The zero-order chi connectivity index (χ0) is 14.9. The van der Waals surface area contributed by atoms with Gasteiger partial charge >= 0.3 is 0 Å². The van der Waals surface area contributed by atoms with Gasteiger partial charge in [-0.3, -0.25) is 4.79 Å². The molecule has 4 rings (SSSR count). The summed E-state index contributed by atoms with van der Waals surface area (Å²) >= 11 is 6.44. The topological polar surface area (TPSA) is 17.1 Å². The molecule has 0 aliphatic carbocycles. The van der Waals surface area contributed by atoms with Gasteiger partial charge in [-0.1, -0.05) is 12.1 Å². The van der Waals surface area contributed by atoms with Crippen LogP contribution in [0.25, 0.3) is 20.9 Å². The SMILES string of the molecule is O=C(c1cc(-c2cccs2)cs1)c1cc(-c2cccs2)cs1. The summed E-state index contributed by atoms with van der Waals surface area (Å²) in [7, 11) is 0. The molecule has 108 valence electrons. The minimum Gasteiger partial charge on any atom is -0.287 e. The van der Waals surface area contributed by atoms with Crippen LogP contribution in [0.2, 0.25) is 0 Å². The molecule has 4 aromatic heterocycles. The average molecular weight is 359 g/mol. The van der Waals surface area contributed by atoms with Gasteiger partial charge in [-0.25, -0.2) is 0 Å². The lowest BCUT2D eigenvalue weighted by molar-refractivity contribution is 0.104. The summed E-state index contributed by atoms with van der Waals surface area (Å²) in [6.45, 7) is 0. The number of carbonyl (C=O) groups excluding carboxylic acids is 1. The van der Waals surface area contributed by atoms with E-state index in [9.17, 15) is 4.79 Å². The smallest absolute Gasteiger partial charge is 0.212 e. The van der Waals surface area contributed by atoms with Gasteiger partial charge in [0.1, 0.15) is 0 Å². The van der Waals surface area contributed by atoms with Crippen LogP contribution in [0.5, 0.6) is 0 Å². The van der Waals surface area contributed by atoms with E-state index in [1.54, 1.807) is 22.7 Å². The van der Waals surface area contributed by atoms with E-state index >= 15 is 0 Å². The molecular formula is C17H10OS4. The van der Waals surface area contributed by atoms with E-state index in [-0.39, 0.29) is 5.78 Å². The second-order valence-electron chi connectivity index (χ2n) is 4.68. The Morgan fingerprint density at radius 1 is 0.727 bits per heavy atom. The molecule has 5 heteroatoms. The number of ketones is 1. The monoisotopic (exact) mass is 358 g/mol. The Morgan fingerprint density at radius 2 is 1.23 bits per heavy atom. The third kappa shape index (κ3) is 2.61. The Morgan fingerprint density at radius 3 is 1.64 bits per heavy atom. The van der Waals surface area contributed by atoms with E-state index in [2.05, 4.69) is 33.7 Å². The average Bonchev–Trinajstić information content (AvgIpc) is 3.35. The molecule has 0 saturated heterocycles. The first-order valence-electron chi connectivity index (χ1n) is 6.61. The first-order chi connectivity index (χ1) is 10.8. The van der Waals surface area contributed by atoms with Crippen molar-refractivity contribution in [3.63, 3.8) is 0 Å². The van der Waals surface area contributed by atoms with Crippen molar-refractivity contribution in [1.29, 1.82) is 0 Å². The fraction of sp³-hybridized carbons (Fsp3) is 0. The molecule has 0 fully saturated rings. The van der Waals surface area contributed by atoms with Gasteiger partial charge in [0.15, 0.2) is 0 Å². The molecule has 22 heavy (non-hydrogen) atoms. The fourth-order valence-corrected chi connectivity index (χ4v) is 5.54. The first-order valence-corrected chi connectivity index (χ1v) is 10.1. The van der Waals surface area contributed by atoms with E-state index in [1.807, 2.05) is 24.3 Å². The summed E-state index contributed by atoms with van der Waals surface area (Å²) in [6, 6.07) is 12.2. The molecule has 0 amide bonds. The predicted octanol–water partition coefficient (Wildman–Crippen LogP) is 6.50. The maximum atomic E-state index is 12.6. The van der Waals surface area contributed by atoms with Crippen molar-refractivity contribution >= 4 is 51.1 Å². The Kier molecular flexibility index (Phi) is 3.80. The van der Waals surface area contributed by atoms with Crippen LogP contribution in [-0.4, -0.2) is 5.78 Å². The second-order valence-corrected chi connectivity index (χ2v) is 8.40. The van der Waals surface area contributed by atoms with E-state index < -0.39 is 0 Å². The Bertz CT molecular complexity index is 820. The van der Waals surface area contributed by atoms with E-state index in [0.717, 1.165) is 20.9 Å². The molecule has 4 aromatic rings.